The van der Waals surface area contributed by atoms with Gasteiger partial charge in [-0.1, -0.05) is 44.7 Å². The molecule has 2 N–H and O–H groups in total. The van der Waals surface area contributed by atoms with Crippen LogP contribution in [0.15, 0.2) is 46.5 Å². The van der Waals surface area contributed by atoms with Gasteiger partial charge in [-0.25, -0.2) is 9.78 Å². The van der Waals surface area contributed by atoms with Crippen molar-refractivity contribution < 1.29 is 0 Å². The Balaban J connectivity index is 2.45. The number of H-pyrrole nitrogens is 2. The van der Waals surface area contributed by atoms with Crippen LogP contribution in [0, 0.1) is 0 Å². The lowest BCUT2D eigenvalue weighted by Crippen LogP contribution is -2.20. The van der Waals surface area contributed by atoms with Crippen LogP contribution in [-0.4, -0.2) is 15.0 Å². The average Bonchev–Trinajstić information content (AvgIpc) is 2.97. The first-order valence-corrected chi connectivity index (χ1v) is 8.99. The number of thiophene rings is 1. The minimum atomic E-state index is -0.516. The second-order valence-corrected chi connectivity index (χ2v) is 6.57. The number of aromatic amines is 2. The molecule has 0 atom stereocenters. The third-order valence-electron chi connectivity index (χ3n) is 3.93. The van der Waals surface area contributed by atoms with E-state index < -0.39 is 5.69 Å². The average molecular weight is 353 g/mol. The van der Waals surface area contributed by atoms with Gasteiger partial charge in [0.05, 0.1) is 5.52 Å². The molecule has 0 aromatic carbocycles. The third-order valence-corrected chi connectivity index (χ3v) is 5.01. The Morgan fingerprint density at radius 3 is 2.80 bits per heavy atom. The lowest BCUT2D eigenvalue weighted by molar-refractivity contribution is 1.06. The number of aromatic nitrogens is 3. The number of aryl methyl sites for hydroxylation is 1. The number of rotatable bonds is 5. The highest BCUT2D eigenvalue weighted by Gasteiger charge is 2.16. The SMILES string of the molecule is C=C/C(=C\C=C/CC)c1cc(CC)nc2sc3c(=O)[nH]c(=O)[nH]c3c12. The minimum Gasteiger partial charge on any atom is -0.305 e. The van der Waals surface area contributed by atoms with Crippen LogP contribution in [0.5, 0.6) is 0 Å². The summed E-state index contributed by atoms with van der Waals surface area (Å²) < 4.78 is 0.476. The molecule has 0 aliphatic carbocycles. The highest BCUT2D eigenvalue weighted by molar-refractivity contribution is 7.25. The molecule has 3 aromatic rings. The van der Waals surface area contributed by atoms with Crippen molar-refractivity contribution in [1.82, 2.24) is 15.0 Å². The lowest BCUT2D eigenvalue weighted by atomic mass is 10.0. The largest absolute Gasteiger partial charge is 0.326 e. The van der Waals surface area contributed by atoms with Crippen LogP contribution in [0.25, 0.3) is 26.0 Å². The van der Waals surface area contributed by atoms with Gasteiger partial charge in [0.15, 0.2) is 0 Å². The first-order valence-electron chi connectivity index (χ1n) is 8.17. The predicted octanol–water partition coefficient (Wildman–Crippen LogP) is 3.92. The van der Waals surface area contributed by atoms with Gasteiger partial charge in [0.1, 0.15) is 9.53 Å². The van der Waals surface area contributed by atoms with Crippen molar-refractivity contribution >= 4 is 37.3 Å². The molecular weight excluding hydrogens is 334 g/mol. The van der Waals surface area contributed by atoms with Crippen molar-refractivity contribution in [3.8, 4) is 0 Å². The fourth-order valence-electron chi connectivity index (χ4n) is 2.72. The lowest BCUT2D eigenvalue weighted by Gasteiger charge is -2.07. The van der Waals surface area contributed by atoms with Gasteiger partial charge in [0.25, 0.3) is 5.56 Å². The molecule has 0 saturated heterocycles. The summed E-state index contributed by atoms with van der Waals surface area (Å²) in [5.41, 5.74) is 2.41. The van der Waals surface area contributed by atoms with Crippen LogP contribution in [0.2, 0.25) is 0 Å². The molecule has 0 fully saturated rings. The van der Waals surface area contributed by atoms with Gasteiger partial charge in [-0.3, -0.25) is 9.78 Å². The van der Waals surface area contributed by atoms with Crippen LogP contribution in [-0.2, 0) is 6.42 Å². The smallest absolute Gasteiger partial charge is 0.305 e. The molecule has 0 saturated carbocycles. The molecular formula is C19H19N3O2S. The molecule has 25 heavy (non-hydrogen) atoms. The van der Waals surface area contributed by atoms with Crippen LogP contribution >= 0.6 is 11.3 Å². The van der Waals surface area contributed by atoms with Crippen LogP contribution < -0.4 is 11.2 Å². The van der Waals surface area contributed by atoms with E-state index in [0.717, 1.165) is 39.9 Å². The van der Waals surface area contributed by atoms with Gasteiger partial charge < -0.3 is 4.98 Å². The molecule has 3 rings (SSSR count). The molecule has 3 heterocycles. The molecule has 0 aliphatic rings. The summed E-state index contributed by atoms with van der Waals surface area (Å²) in [5.74, 6) is 0. The number of pyridine rings is 1. The van der Waals surface area contributed by atoms with Crippen molar-refractivity contribution in [3.05, 3.63) is 69.0 Å². The normalized spacial score (nSPS) is 12.5. The maximum Gasteiger partial charge on any atom is 0.326 e. The van der Waals surface area contributed by atoms with E-state index in [1.807, 2.05) is 25.1 Å². The van der Waals surface area contributed by atoms with Gasteiger partial charge in [-0.05, 0) is 30.0 Å². The monoisotopic (exact) mass is 353 g/mol. The first-order chi connectivity index (χ1) is 12.1. The quantitative estimate of drug-likeness (QED) is 0.682. The molecule has 0 aliphatic heterocycles. The van der Waals surface area contributed by atoms with Gasteiger partial charge in [-0.15, -0.1) is 11.3 Å². The molecule has 0 spiro atoms. The Morgan fingerprint density at radius 2 is 2.12 bits per heavy atom. The van der Waals surface area contributed by atoms with Crippen molar-refractivity contribution in [3.63, 3.8) is 0 Å². The molecule has 0 radical (unpaired) electrons. The van der Waals surface area contributed by atoms with E-state index in [0.29, 0.717) is 10.2 Å². The summed E-state index contributed by atoms with van der Waals surface area (Å²) >= 11 is 1.29. The van der Waals surface area contributed by atoms with Crippen LogP contribution in [0.3, 0.4) is 0 Å². The number of hydrogen-bond donors (Lipinski definition) is 2. The van der Waals surface area contributed by atoms with Gasteiger partial charge in [0, 0.05) is 11.1 Å². The van der Waals surface area contributed by atoms with E-state index in [-0.39, 0.29) is 5.56 Å². The van der Waals surface area contributed by atoms with Gasteiger partial charge >= 0.3 is 5.69 Å². The predicted molar refractivity (Wildman–Crippen MR) is 105 cm³/mol. The zero-order valence-corrected chi connectivity index (χ0v) is 15.0. The minimum absolute atomic E-state index is 0.388. The second kappa shape index (κ2) is 7.03. The number of allylic oxidation sites excluding steroid dienone is 5. The van der Waals surface area contributed by atoms with Crippen molar-refractivity contribution in [2.75, 3.05) is 0 Å². The summed E-state index contributed by atoms with van der Waals surface area (Å²) in [5, 5.41) is 0.788. The molecule has 3 aromatic heterocycles. The Labute approximate surface area is 148 Å². The van der Waals surface area contributed by atoms with E-state index in [1.165, 1.54) is 11.3 Å². The summed E-state index contributed by atoms with van der Waals surface area (Å²) in [6.07, 6.45) is 9.53. The van der Waals surface area contributed by atoms with E-state index in [2.05, 4.69) is 34.5 Å². The number of nitrogens with zero attached hydrogens (tertiary/aromatic N) is 1. The van der Waals surface area contributed by atoms with Crippen LogP contribution in [0.1, 0.15) is 31.5 Å². The number of nitrogens with one attached hydrogen (secondary N) is 2. The molecule has 6 heteroatoms. The maximum absolute atomic E-state index is 12.1. The van der Waals surface area contributed by atoms with E-state index >= 15 is 0 Å². The zero-order chi connectivity index (χ0) is 18.0. The maximum atomic E-state index is 12.1. The molecule has 0 unspecified atom stereocenters. The summed E-state index contributed by atoms with van der Waals surface area (Å²) in [7, 11) is 0. The van der Waals surface area contributed by atoms with E-state index in [9.17, 15) is 9.59 Å². The first kappa shape index (κ1) is 17.1. The van der Waals surface area contributed by atoms with Gasteiger partial charge in [0.2, 0.25) is 0 Å². The topological polar surface area (TPSA) is 78.6 Å². The fourth-order valence-corrected chi connectivity index (χ4v) is 3.79. The van der Waals surface area contributed by atoms with E-state index in [1.54, 1.807) is 6.08 Å². The highest BCUT2D eigenvalue weighted by Crippen LogP contribution is 2.35. The van der Waals surface area contributed by atoms with Crippen molar-refractivity contribution in [2.24, 2.45) is 0 Å². The fraction of sp³-hybridized carbons (Fsp3) is 0.211. The summed E-state index contributed by atoms with van der Waals surface area (Å²) in [4.78, 5) is 34.3. The van der Waals surface area contributed by atoms with Crippen molar-refractivity contribution in [1.29, 1.82) is 0 Å². The second-order valence-electron chi connectivity index (χ2n) is 5.57. The summed E-state index contributed by atoms with van der Waals surface area (Å²) in [6, 6.07) is 2.00. The molecule has 0 amide bonds. The van der Waals surface area contributed by atoms with Crippen LogP contribution in [0.4, 0.5) is 0 Å². The van der Waals surface area contributed by atoms with Gasteiger partial charge in [-0.2, -0.15) is 0 Å². The number of fused-ring (bicyclic) bond motifs is 3. The Kier molecular flexibility index (Phi) is 4.81. The van der Waals surface area contributed by atoms with E-state index in [4.69, 9.17) is 0 Å². The standard InChI is InChI=1S/C19H19N3O2S/c1-4-7-8-9-11(5-2)13-10-12(6-3)20-18-14(13)15-16(25-18)17(23)22-19(24)21-15/h5,7-10H,2,4,6H2,1,3H3,(H2,21,22,23,24)/b8-7-,11-9+. The Hall–Kier alpha value is -2.73. The third kappa shape index (κ3) is 3.13. The highest BCUT2D eigenvalue weighted by atomic mass is 32.1. The Morgan fingerprint density at radius 1 is 1.32 bits per heavy atom. The van der Waals surface area contributed by atoms with Crippen molar-refractivity contribution in [2.45, 2.75) is 26.7 Å². The summed E-state index contributed by atoms with van der Waals surface area (Å²) in [6.45, 7) is 8.03. The Bertz CT molecular complexity index is 1130. The molecule has 5 nitrogen and oxygen atoms in total. The zero-order valence-electron chi connectivity index (χ0n) is 14.2. The molecule has 128 valence electrons. The molecule has 0 bridgehead atoms. The number of hydrogen-bond acceptors (Lipinski definition) is 4.